The van der Waals surface area contributed by atoms with Gasteiger partial charge in [-0.15, -0.1) is 0 Å². The van der Waals surface area contributed by atoms with E-state index in [0.29, 0.717) is 19.0 Å². The molecule has 0 aromatic heterocycles. The summed E-state index contributed by atoms with van der Waals surface area (Å²) in [6.45, 7) is 6.40. The number of carbonyl (C=O) groups is 2. The van der Waals surface area contributed by atoms with Gasteiger partial charge in [0, 0.05) is 18.5 Å². The Kier molecular flexibility index (Phi) is 6.12. The van der Waals surface area contributed by atoms with Crippen LogP contribution < -0.4 is 16.0 Å². The van der Waals surface area contributed by atoms with Crippen LogP contribution in [0.15, 0.2) is 0 Å². The molecule has 0 aliphatic heterocycles. The lowest BCUT2D eigenvalue weighted by molar-refractivity contribution is -0.123. The highest BCUT2D eigenvalue weighted by Crippen LogP contribution is 2.18. The molecular weight excluding hydrogens is 230 g/mol. The Morgan fingerprint density at radius 1 is 1.22 bits per heavy atom. The van der Waals surface area contributed by atoms with Crippen molar-refractivity contribution in [1.82, 2.24) is 16.0 Å². The third kappa shape index (κ3) is 6.59. The minimum Gasteiger partial charge on any atom is -0.353 e. The SMILES string of the molecule is CC(C)NC(=O)C(C)NCCCC(=O)NC1CC1. The molecule has 3 N–H and O–H groups in total. The van der Waals surface area contributed by atoms with Crippen molar-refractivity contribution in [3.63, 3.8) is 0 Å². The first kappa shape index (κ1) is 15.0. The average Bonchev–Trinajstić information content (AvgIpc) is 3.06. The minimum atomic E-state index is -0.209. The van der Waals surface area contributed by atoms with Crippen LogP contribution in [0.2, 0.25) is 0 Å². The second kappa shape index (κ2) is 7.36. The first-order valence-electron chi connectivity index (χ1n) is 6.82. The maximum Gasteiger partial charge on any atom is 0.237 e. The van der Waals surface area contributed by atoms with Gasteiger partial charge in [0.15, 0.2) is 0 Å². The fourth-order valence-electron chi connectivity index (χ4n) is 1.60. The molecule has 0 spiro atoms. The van der Waals surface area contributed by atoms with Crippen LogP contribution in [-0.2, 0) is 9.59 Å². The predicted molar refractivity (Wildman–Crippen MR) is 71.1 cm³/mol. The second-order valence-electron chi connectivity index (χ2n) is 5.28. The summed E-state index contributed by atoms with van der Waals surface area (Å²) in [5.41, 5.74) is 0. The summed E-state index contributed by atoms with van der Waals surface area (Å²) in [7, 11) is 0. The Morgan fingerprint density at radius 3 is 2.44 bits per heavy atom. The van der Waals surface area contributed by atoms with Crippen molar-refractivity contribution < 1.29 is 9.59 Å². The molecule has 0 aromatic rings. The summed E-state index contributed by atoms with van der Waals surface area (Å²) in [6, 6.07) is 0.381. The van der Waals surface area contributed by atoms with Crippen LogP contribution in [-0.4, -0.2) is 36.5 Å². The van der Waals surface area contributed by atoms with Gasteiger partial charge in [0.05, 0.1) is 6.04 Å². The van der Waals surface area contributed by atoms with Gasteiger partial charge in [-0.3, -0.25) is 9.59 Å². The van der Waals surface area contributed by atoms with Gasteiger partial charge >= 0.3 is 0 Å². The standard InChI is InChI=1S/C13H25N3O2/c1-9(2)15-13(18)10(3)14-8-4-5-12(17)16-11-6-7-11/h9-11,14H,4-8H2,1-3H3,(H,15,18)(H,16,17). The van der Waals surface area contributed by atoms with E-state index in [2.05, 4.69) is 16.0 Å². The molecule has 18 heavy (non-hydrogen) atoms. The maximum absolute atomic E-state index is 11.6. The zero-order valence-electron chi connectivity index (χ0n) is 11.6. The van der Waals surface area contributed by atoms with Crippen LogP contribution in [0.3, 0.4) is 0 Å². The number of carbonyl (C=O) groups excluding carboxylic acids is 2. The Balaban J connectivity index is 2.01. The maximum atomic E-state index is 11.6. The Labute approximate surface area is 109 Å². The zero-order chi connectivity index (χ0) is 13.5. The summed E-state index contributed by atoms with van der Waals surface area (Å²) in [5.74, 6) is 0.131. The lowest BCUT2D eigenvalue weighted by Crippen LogP contribution is -2.45. The predicted octanol–water partition coefficient (Wildman–Crippen LogP) is 0.548. The number of rotatable bonds is 8. The summed E-state index contributed by atoms with van der Waals surface area (Å²) >= 11 is 0. The van der Waals surface area contributed by atoms with Crippen molar-refractivity contribution in [3.05, 3.63) is 0 Å². The molecule has 0 heterocycles. The van der Waals surface area contributed by atoms with Crippen molar-refractivity contribution in [2.24, 2.45) is 0 Å². The summed E-state index contributed by atoms with van der Waals surface area (Å²) in [4.78, 5) is 23.0. The highest BCUT2D eigenvalue weighted by molar-refractivity contribution is 5.81. The van der Waals surface area contributed by atoms with Gasteiger partial charge in [-0.1, -0.05) is 0 Å². The monoisotopic (exact) mass is 255 g/mol. The first-order valence-corrected chi connectivity index (χ1v) is 6.82. The molecule has 5 heteroatoms. The van der Waals surface area contributed by atoms with Gasteiger partial charge in [-0.25, -0.2) is 0 Å². The fraction of sp³-hybridized carbons (Fsp3) is 0.846. The van der Waals surface area contributed by atoms with Gasteiger partial charge in [0.1, 0.15) is 0 Å². The smallest absolute Gasteiger partial charge is 0.237 e. The molecule has 1 fully saturated rings. The topological polar surface area (TPSA) is 70.2 Å². The van der Waals surface area contributed by atoms with Crippen molar-refractivity contribution in [1.29, 1.82) is 0 Å². The van der Waals surface area contributed by atoms with Gasteiger partial charge in [-0.05, 0) is 46.6 Å². The van der Waals surface area contributed by atoms with Gasteiger partial charge in [-0.2, -0.15) is 0 Å². The van der Waals surface area contributed by atoms with E-state index in [1.54, 1.807) is 0 Å². The third-order valence-corrected chi connectivity index (χ3v) is 2.80. The van der Waals surface area contributed by atoms with E-state index in [-0.39, 0.29) is 23.9 Å². The lowest BCUT2D eigenvalue weighted by atomic mass is 10.2. The van der Waals surface area contributed by atoms with Gasteiger partial charge in [0.25, 0.3) is 0 Å². The van der Waals surface area contributed by atoms with Crippen LogP contribution in [0.5, 0.6) is 0 Å². The van der Waals surface area contributed by atoms with E-state index in [9.17, 15) is 9.59 Å². The summed E-state index contributed by atoms with van der Waals surface area (Å²) < 4.78 is 0. The fourth-order valence-corrected chi connectivity index (χ4v) is 1.60. The average molecular weight is 255 g/mol. The zero-order valence-corrected chi connectivity index (χ0v) is 11.6. The van der Waals surface area contributed by atoms with E-state index in [1.165, 1.54) is 0 Å². The van der Waals surface area contributed by atoms with Crippen LogP contribution in [0.1, 0.15) is 46.5 Å². The molecule has 5 nitrogen and oxygen atoms in total. The van der Waals surface area contributed by atoms with Crippen molar-refractivity contribution in [2.75, 3.05) is 6.54 Å². The number of amides is 2. The molecule has 1 unspecified atom stereocenters. The molecule has 0 saturated heterocycles. The molecule has 0 aromatic carbocycles. The van der Waals surface area contributed by atoms with E-state index in [1.807, 2.05) is 20.8 Å². The molecule has 1 rings (SSSR count). The third-order valence-electron chi connectivity index (χ3n) is 2.80. The Hall–Kier alpha value is -1.10. The molecule has 1 aliphatic carbocycles. The van der Waals surface area contributed by atoms with Crippen molar-refractivity contribution in [2.45, 2.75) is 64.6 Å². The summed E-state index contributed by atoms with van der Waals surface area (Å²) in [5, 5.41) is 8.91. The normalized spacial score (nSPS) is 16.4. The summed E-state index contributed by atoms with van der Waals surface area (Å²) in [6.07, 6.45) is 3.53. The van der Waals surface area contributed by atoms with E-state index >= 15 is 0 Å². The molecular formula is C13H25N3O2. The Morgan fingerprint density at radius 2 is 1.89 bits per heavy atom. The molecule has 2 amide bonds. The molecule has 1 atom stereocenters. The van der Waals surface area contributed by atoms with E-state index < -0.39 is 0 Å². The van der Waals surface area contributed by atoms with Crippen molar-refractivity contribution in [3.8, 4) is 0 Å². The molecule has 0 bridgehead atoms. The first-order chi connectivity index (χ1) is 8.49. The number of nitrogens with one attached hydrogen (secondary N) is 3. The van der Waals surface area contributed by atoms with Gasteiger partial charge in [0.2, 0.25) is 11.8 Å². The number of hydrogen-bond acceptors (Lipinski definition) is 3. The van der Waals surface area contributed by atoms with Crippen LogP contribution in [0, 0.1) is 0 Å². The lowest BCUT2D eigenvalue weighted by Gasteiger charge is -2.15. The molecule has 0 radical (unpaired) electrons. The molecule has 104 valence electrons. The highest BCUT2D eigenvalue weighted by Gasteiger charge is 2.22. The van der Waals surface area contributed by atoms with E-state index in [4.69, 9.17) is 0 Å². The minimum absolute atomic E-state index is 0.00688. The largest absolute Gasteiger partial charge is 0.353 e. The van der Waals surface area contributed by atoms with E-state index in [0.717, 1.165) is 19.3 Å². The van der Waals surface area contributed by atoms with Crippen molar-refractivity contribution >= 4 is 11.8 Å². The van der Waals surface area contributed by atoms with Crippen LogP contribution in [0.4, 0.5) is 0 Å². The second-order valence-corrected chi connectivity index (χ2v) is 5.28. The molecule has 1 aliphatic rings. The highest BCUT2D eigenvalue weighted by atomic mass is 16.2. The quantitative estimate of drug-likeness (QED) is 0.555. The molecule has 1 saturated carbocycles. The Bertz CT molecular complexity index is 288. The van der Waals surface area contributed by atoms with Gasteiger partial charge < -0.3 is 16.0 Å². The van der Waals surface area contributed by atoms with Crippen LogP contribution >= 0.6 is 0 Å². The number of hydrogen-bond donors (Lipinski definition) is 3. The van der Waals surface area contributed by atoms with Crippen LogP contribution in [0.25, 0.3) is 0 Å².